The van der Waals surface area contributed by atoms with Gasteiger partial charge < -0.3 is 25.4 Å². The van der Waals surface area contributed by atoms with Crippen LogP contribution in [0.1, 0.15) is 5.69 Å². The maximum atomic E-state index is 12.9. The third-order valence-electron chi connectivity index (χ3n) is 4.13. The molecule has 162 valence electrons. The summed E-state index contributed by atoms with van der Waals surface area (Å²) in [5.41, 5.74) is 1.67. The molecule has 2 aromatic carbocycles. The first-order valence-corrected chi connectivity index (χ1v) is 9.67. The topological polar surface area (TPSA) is 97.4 Å². The molecule has 0 aliphatic rings. The van der Waals surface area contributed by atoms with Crippen LogP contribution in [0.3, 0.4) is 0 Å². The van der Waals surface area contributed by atoms with Gasteiger partial charge in [0.2, 0.25) is 5.95 Å². The molecule has 3 aromatic rings. The number of methoxy groups -OCH3 is 1. The molecule has 8 nitrogen and oxygen atoms in total. The Labute approximate surface area is 179 Å². The molecule has 31 heavy (non-hydrogen) atoms. The van der Waals surface area contributed by atoms with Gasteiger partial charge in [0.1, 0.15) is 23.1 Å². The van der Waals surface area contributed by atoms with Gasteiger partial charge >= 0.3 is 0 Å². The predicted octanol–water partition coefficient (Wildman–Crippen LogP) is 3.28. The van der Waals surface area contributed by atoms with Crippen LogP contribution in [0.5, 0.6) is 11.5 Å². The maximum Gasteiger partial charge on any atom is 0.258 e. The van der Waals surface area contributed by atoms with Gasteiger partial charge in [0.15, 0.2) is 6.61 Å². The smallest absolute Gasteiger partial charge is 0.258 e. The second-order valence-electron chi connectivity index (χ2n) is 6.59. The number of nitrogens with zero attached hydrogens (tertiary/aromatic N) is 2. The summed E-state index contributed by atoms with van der Waals surface area (Å²) < 4.78 is 23.3. The van der Waals surface area contributed by atoms with Crippen molar-refractivity contribution < 1.29 is 18.7 Å². The third kappa shape index (κ3) is 7.14. The minimum atomic E-state index is -0.358. The average molecular weight is 425 g/mol. The molecule has 3 rings (SSSR count). The minimum Gasteiger partial charge on any atom is -0.497 e. The fraction of sp³-hybridized carbons (Fsp3) is 0.227. The summed E-state index contributed by atoms with van der Waals surface area (Å²) >= 11 is 0. The average Bonchev–Trinajstić information content (AvgIpc) is 2.76. The number of amides is 1. The summed E-state index contributed by atoms with van der Waals surface area (Å²) in [6, 6.07) is 14.8. The zero-order valence-electron chi connectivity index (χ0n) is 17.3. The number of benzene rings is 2. The maximum absolute atomic E-state index is 12.9. The largest absolute Gasteiger partial charge is 0.497 e. The third-order valence-corrected chi connectivity index (χ3v) is 4.13. The number of aryl methyl sites for hydroxylation is 1. The zero-order valence-corrected chi connectivity index (χ0v) is 17.3. The molecular weight excluding hydrogens is 401 g/mol. The summed E-state index contributed by atoms with van der Waals surface area (Å²) in [5.74, 6) is 1.67. The molecule has 0 fully saturated rings. The first kappa shape index (κ1) is 21.8. The molecule has 0 aliphatic heterocycles. The highest BCUT2D eigenvalue weighted by molar-refractivity contribution is 5.77. The molecule has 1 aromatic heterocycles. The predicted molar refractivity (Wildman–Crippen MR) is 116 cm³/mol. The van der Waals surface area contributed by atoms with Gasteiger partial charge in [-0.1, -0.05) is 0 Å². The second kappa shape index (κ2) is 10.8. The molecule has 9 heteroatoms. The summed E-state index contributed by atoms with van der Waals surface area (Å²) in [7, 11) is 1.62. The SMILES string of the molecule is COc1ccc(Nc2cc(C)nc(NCCNC(=O)COc3ccc(F)cc3)n2)cc1. The fourth-order valence-electron chi connectivity index (χ4n) is 2.64. The van der Waals surface area contributed by atoms with Crippen molar-refractivity contribution in [2.45, 2.75) is 6.92 Å². The van der Waals surface area contributed by atoms with Gasteiger partial charge in [-0.05, 0) is 55.5 Å². The van der Waals surface area contributed by atoms with E-state index < -0.39 is 0 Å². The van der Waals surface area contributed by atoms with Crippen LogP contribution < -0.4 is 25.4 Å². The van der Waals surface area contributed by atoms with E-state index in [0.717, 1.165) is 17.1 Å². The van der Waals surface area contributed by atoms with E-state index >= 15 is 0 Å². The van der Waals surface area contributed by atoms with Crippen LogP contribution in [0.25, 0.3) is 0 Å². The Hall–Kier alpha value is -3.88. The first-order valence-electron chi connectivity index (χ1n) is 9.67. The molecule has 0 saturated carbocycles. The number of aromatic nitrogens is 2. The van der Waals surface area contributed by atoms with Gasteiger partial charge in [0.25, 0.3) is 5.91 Å². The molecule has 1 heterocycles. The quantitative estimate of drug-likeness (QED) is 0.429. The van der Waals surface area contributed by atoms with Crippen LogP contribution in [-0.4, -0.2) is 42.7 Å². The van der Waals surface area contributed by atoms with Crippen molar-refractivity contribution in [3.63, 3.8) is 0 Å². The van der Waals surface area contributed by atoms with E-state index in [4.69, 9.17) is 9.47 Å². The highest BCUT2D eigenvalue weighted by Crippen LogP contribution is 2.20. The molecule has 0 spiro atoms. The second-order valence-corrected chi connectivity index (χ2v) is 6.59. The zero-order chi connectivity index (χ0) is 22.1. The summed E-state index contributed by atoms with van der Waals surface area (Å²) in [5, 5.41) is 9.04. The molecule has 0 bridgehead atoms. The van der Waals surface area contributed by atoms with E-state index in [1.165, 1.54) is 24.3 Å². The van der Waals surface area contributed by atoms with Gasteiger partial charge in [0.05, 0.1) is 7.11 Å². The number of halogens is 1. The number of rotatable bonds is 10. The van der Waals surface area contributed by atoms with Gasteiger partial charge in [-0.25, -0.2) is 9.37 Å². The van der Waals surface area contributed by atoms with Crippen LogP contribution in [0.4, 0.5) is 21.8 Å². The van der Waals surface area contributed by atoms with E-state index in [1.807, 2.05) is 37.3 Å². The number of ether oxygens (including phenoxy) is 2. The fourth-order valence-corrected chi connectivity index (χ4v) is 2.64. The standard InChI is InChI=1S/C22H24FN5O3/c1-15-13-20(27-17-5-9-18(30-2)10-6-17)28-22(26-15)25-12-11-24-21(29)14-31-19-7-3-16(23)4-8-19/h3-10,13H,11-12,14H2,1-2H3,(H,24,29)(H2,25,26,27,28). The Morgan fingerprint density at radius 3 is 2.42 bits per heavy atom. The molecule has 0 radical (unpaired) electrons. The van der Waals surface area contributed by atoms with E-state index in [1.54, 1.807) is 7.11 Å². The molecule has 0 aliphatic carbocycles. The molecular formula is C22H24FN5O3. The first-order chi connectivity index (χ1) is 15.0. The van der Waals surface area contributed by atoms with E-state index in [9.17, 15) is 9.18 Å². The van der Waals surface area contributed by atoms with Crippen LogP contribution in [-0.2, 0) is 4.79 Å². The van der Waals surface area contributed by atoms with Crippen LogP contribution >= 0.6 is 0 Å². The lowest BCUT2D eigenvalue weighted by Gasteiger charge is -2.11. The lowest BCUT2D eigenvalue weighted by molar-refractivity contribution is -0.123. The molecule has 0 unspecified atom stereocenters. The van der Waals surface area contributed by atoms with E-state index in [2.05, 4.69) is 25.9 Å². The highest BCUT2D eigenvalue weighted by atomic mass is 19.1. The molecule has 3 N–H and O–H groups in total. The van der Waals surface area contributed by atoms with Gasteiger partial charge in [-0.2, -0.15) is 4.98 Å². The van der Waals surface area contributed by atoms with E-state index in [0.29, 0.717) is 30.6 Å². The number of nitrogens with one attached hydrogen (secondary N) is 3. The van der Waals surface area contributed by atoms with Crippen molar-refractivity contribution in [3.8, 4) is 11.5 Å². The highest BCUT2D eigenvalue weighted by Gasteiger charge is 2.05. The van der Waals surface area contributed by atoms with Gasteiger partial charge in [-0.15, -0.1) is 0 Å². The number of carbonyl (C=O) groups excluding carboxylic acids is 1. The number of carbonyl (C=O) groups is 1. The Morgan fingerprint density at radius 2 is 1.71 bits per heavy atom. The van der Waals surface area contributed by atoms with Gasteiger partial charge in [0, 0.05) is 30.5 Å². The van der Waals surface area contributed by atoms with Gasteiger partial charge in [-0.3, -0.25) is 4.79 Å². The van der Waals surface area contributed by atoms with Crippen molar-refractivity contribution in [2.75, 3.05) is 37.4 Å². The Morgan fingerprint density at radius 1 is 1.00 bits per heavy atom. The normalized spacial score (nSPS) is 10.3. The summed E-state index contributed by atoms with van der Waals surface area (Å²) in [6.45, 7) is 2.53. The summed E-state index contributed by atoms with van der Waals surface area (Å²) in [6.07, 6.45) is 0. The number of hydrogen-bond acceptors (Lipinski definition) is 7. The molecule has 0 saturated heterocycles. The Bertz CT molecular complexity index is 997. The number of anilines is 3. The summed E-state index contributed by atoms with van der Waals surface area (Å²) in [4.78, 5) is 20.7. The lowest BCUT2D eigenvalue weighted by Crippen LogP contribution is -2.32. The minimum absolute atomic E-state index is 0.150. The molecule has 0 atom stereocenters. The van der Waals surface area contributed by atoms with Crippen molar-refractivity contribution in [3.05, 3.63) is 66.1 Å². The molecule has 1 amide bonds. The van der Waals surface area contributed by atoms with Crippen molar-refractivity contribution in [1.82, 2.24) is 15.3 Å². The van der Waals surface area contributed by atoms with Crippen LogP contribution in [0.2, 0.25) is 0 Å². The van der Waals surface area contributed by atoms with Crippen molar-refractivity contribution in [2.24, 2.45) is 0 Å². The lowest BCUT2D eigenvalue weighted by atomic mass is 10.3. The van der Waals surface area contributed by atoms with Crippen molar-refractivity contribution >= 4 is 23.4 Å². The van der Waals surface area contributed by atoms with E-state index in [-0.39, 0.29) is 18.3 Å². The number of hydrogen-bond donors (Lipinski definition) is 3. The monoisotopic (exact) mass is 425 g/mol. The Balaban J connectivity index is 1.43. The Kier molecular flexibility index (Phi) is 7.58. The van der Waals surface area contributed by atoms with Crippen LogP contribution in [0, 0.1) is 12.7 Å². The van der Waals surface area contributed by atoms with Crippen molar-refractivity contribution in [1.29, 1.82) is 0 Å². The van der Waals surface area contributed by atoms with Crippen LogP contribution in [0.15, 0.2) is 54.6 Å².